The molecule has 1 nitrogen and oxygen atoms in total. The van der Waals surface area contributed by atoms with E-state index in [1.165, 1.54) is 6.07 Å². The highest BCUT2D eigenvalue weighted by Gasteiger charge is 2.13. The molecule has 0 bridgehead atoms. The van der Waals surface area contributed by atoms with Crippen LogP contribution in [0.15, 0.2) is 47.4 Å². The molecule has 2 rings (SSSR count). The van der Waals surface area contributed by atoms with E-state index in [2.05, 4.69) is 0 Å². The zero-order valence-electron chi connectivity index (χ0n) is 10.6. The van der Waals surface area contributed by atoms with Gasteiger partial charge in [-0.15, -0.1) is 11.8 Å². The maximum Gasteiger partial charge on any atom is 0.128 e. The van der Waals surface area contributed by atoms with E-state index in [1.54, 1.807) is 11.8 Å². The summed E-state index contributed by atoms with van der Waals surface area (Å²) < 4.78 is 26.7. The predicted octanol–water partition coefficient (Wildman–Crippen LogP) is 4.07. The van der Waals surface area contributed by atoms with Crippen LogP contribution >= 0.6 is 11.8 Å². The van der Waals surface area contributed by atoms with Crippen molar-refractivity contribution in [3.8, 4) is 0 Å². The maximum absolute atomic E-state index is 13.6. The number of nitrogens with two attached hydrogens (primary N) is 1. The van der Waals surface area contributed by atoms with Gasteiger partial charge in [0.05, 0.1) is 0 Å². The Labute approximate surface area is 115 Å². The van der Waals surface area contributed by atoms with Gasteiger partial charge in [0.2, 0.25) is 0 Å². The van der Waals surface area contributed by atoms with E-state index < -0.39 is 17.7 Å². The topological polar surface area (TPSA) is 26.0 Å². The number of benzene rings is 2. The van der Waals surface area contributed by atoms with E-state index in [9.17, 15) is 8.78 Å². The molecule has 0 aliphatic heterocycles. The first-order valence-corrected chi connectivity index (χ1v) is 6.95. The Morgan fingerprint density at radius 3 is 2.63 bits per heavy atom. The van der Waals surface area contributed by atoms with Crippen molar-refractivity contribution in [2.24, 2.45) is 5.73 Å². The van der Waals surface area contributed by atoms with Crippen LogP contribution in [0, 0.1) is 18.6 Å². The molecule has 0 aliphatic carbocycles. The molecule has 0 spiro atoms. The quantitative estimate of drug-likeness (QED) is 0.854. The lowest BCUT2D eigenvalue weighted by atomic mass is 10.1. The molecule has 0 amide bonds. The Morgan fingerprint density at radius 2 is 1.89 bits per heavy atom. The fourth-order valence-electron chi connectivity index (χ4n) is 1.79. The number of rotatable bonds is 4. The number of hydrogen-bond donors (Lipinski definition) is 1. The molecule has 0 fully saturated rings. The first-order chi connectivity index (χ1) is 9.08. The van der Waals surface area contributed by atoms with Crippen molar-refractivity contribution in [1.29, 1.82) is 0 Å². The molecule has 2 N–H and O–H groups in total. The molecule has 0 aliphatic rings. The molecule has 1 unspecified atom stereocenters. The Kier molecular flexibility index (Phi) is 4.56. The second kappa shape index (κ2) is 6.17. The van der Waals surface area contributed by atoms with Crippen LogP contribution in [0.4, 0.5) is 8.78 Å². The number of halogens is 2. The zero-order valence-corrected chi connectivity index (χ0v) is 11.4. The van der Waals surface area contributed by atoms with E-state index in [0.717, 1.165) is 22.6 Å². The standard InChI is InChI=1S/C15H15F2NS/c1-10-4-2-3-5-15(10)19-9-14(18)12-8-11(16)6-7-13(12)17/h2-8,14H,9,18H2,1H3. The van der Waals surface area contributed by atoms with Crippen molar-refractivity contribution in [1.82, 2.24) is 0 Å². The summed E-state index contributed by atoms with van der Waals surface area (Å²) in [6, 6.07) is 10.8. The Morgan fingerprint density at radius 1 is 1.16 bits per heavy atom. The van der Waals surface area contributed by atoms with Crippen molar-refractivity contribution in [2.75, 3.05) is 5.75 Å². The summed E-state index contributed by atoms with van der Waals surface area (Å²) in [6.07, 6.45) is 0. The number of thioether (sulfide) groups is 1. The van der Waals surface area contributed by atoms with Gasteiger partial charge in [0.1, 0.15) is 11.6 Å². The van der Waals surface area contributed by atoms with Gasteiger partial charge in [-0.05, 0) is 36.8 Å². The Bertz CT molecular complexity index is 572. The van der Waals surface area contributed by atoms with Crippen molar-refractivity contribution < 1.29 is 8.78 Å². The third-order valence-corrected chi connectivity index (χ3v) is 4.16. The highest BCUT2D eigenvalue weighted by molar-refractivity contribution is 7.99. The van der Waals surface area contributed by atoms with Crippen molar-refractivity contribution >= 4 is 11.8 Å². The molecule has 4 heteroatoms. The van der Waals surface area contributed by atoms with Crippen molar-refractivity contribution in [3.63, 3.8) is 0 Å². The fraction of sp³-hybridized carbons (Fsp3) is 0.200. The van der Waals surface area contributed by atoms with Crippen LogP contribution in [-0.4, -0.2) is 5.75 Å². The minimum atomic E-state index is -0.527. The van der Waals surface area contributed by atoms with Gasteiger partial charge >= 0.3 is 0 Å². The van der Waals surface area contributed by atoms with Crippen LogP contribution in [0.1, 0.15) is 17.2 Å². The predicted molar refractivity (Wildman–Crippen MR) is 75.2 cm³/mol. The minimum absolute atomic E-state index is 0.223. The van der Waals surface area contributed by atoms with Crippen LogP contribution in [0.25, 0.3) is 0 Å². The molecular weight excluding hydrogens is 264 g/mol. The molecule has 1 atom stereocenters. The van der Waals surface area contributed by atoms with Crippen LogP contribution in [-0.2, 0) is 0 Å². The zero-order chi connectivity index (χ0) is 13.8. The van der Waals surface area contributed by atoms with Crippen LogP contribution in [0.5, 0.6) is 0 Å². The van der Waals surface area contributed by atoms with E-state index in [1.807, 2.05) is 31.2 Å². The molecular formula is C15H15F2NS. The van der Waals surface area contributed by atoms with Gasteiger partial charge < -0.3 is 5.73 Å². The summed E-state index contributed by atoms with van der Waals surface area (Å²) in [4.78, 5) is 1.11. The van der Waals surface area contributed by atoms with Crippen LogP contribution in [0.2, 0.25) is 0 Å². The summed E-state index contributed by atoms with van der Waals surface area (Å²) in [5.74, 6) is -0.419. The molecule has 0 heterocycles. The first kappa shape index (κ1) is 14.0. The van der Waals surface area contributed by atoms with E-state index in [0.29, 0.717) is 5.75 Å². The average Bonchev–Trinajstić information content (AvgIpc) is 2.40. The second-order valence-electron chi connectivity index (χ2n) is 4.35. The second-order valence-corrected chi connectivity index (χ2v) is 5.41. The van der Waals surface area contributed by atoms with Gasteiger partial charge in [-0.3, -0.25) is 0 Å². The third-order valence-electron chi connectivity index (χ3n) is 2.87. The van der Waals surface area contributed by atoms with E-state index in [-0.39, 0.29) is 5.56 Å². The van der Waals surface area contributed by atoms with Crippen molar-refractivity contribution in [2.45, 2.75) is 17.9 Å². The first-order valence-electron chi connectivity index (χ1n) is 5.97. The summed E-state index contributed by atoms with van der Waals surface area (Å²) in [5.41, 5.74) is 7.31. The average molecular weight is 279 g/mol. The van der Waals surface area contributed by atoms with Crippen LogP contribution < -0.4 is 5.73 Å². The summed E-state index contributed by atoms with van der Waals surface area (Å²) in [5, 5.41) is 0. The lowest BCUT2D eigenvalue weighted by Crippen LogP contribution is -2.15. The largest absolute Gasteiger partial charge is 0.323 e. The fourth-order valence-corrected chi connectivity index (χ4v) is 2.80. The molecule has 2 aromatic carbocycles. The van der Waals surface area contributed by atoms with E-state index >= 15 is 0 Å². The molecule has 0 radical (unpaired) electrons. The highest BCUT2D eigenvalue weighted by Crippen LogP contribution is 2.27. The maximum atomic E-state index is 13.6. The molecule has 0 saturated heterocycles. The highest BCUT2D eigenvalue weighted by atomic mass is 32.2. The molecule has 0 aromatic heterocycles. The van der Waals surface area contributed by atoms with Gasteiger partial charge in [0.15, 0.2) is 0 Å². The molecule has 19 heavy (non-hydrogen) atoms. The lowest BCUT2D eigenvalue weighted by Gasteiger charge is -2.13. The van der Waals surface area contributed by atoms with Gasteiger partial charge in [-0.1, -0.05) is 18.2 Å². The summed E-state index contributed by atoms with van der Waals surface area (Å²) >= 11 is 1.55. The SMILES string of the molecule is Cc1ccccc1SCC(N)c1cc(F)ccc1F. The Balaban J connectivity index is 2.07. The monoisotopic (exact) mass is 279 g/mol. The van der Waals surface area contributed by atoms with Gasteiger partial charge in [0, 0.05) is 22.3 Å². The normalized spacial score (nSPS) is 12.4. The summed E-state index contributed by atoms with van der Waals surface area (Å²) in [7, 11) is 0. The van der Waals surface area contributed by atoms with E-state index in [4.69, 9.17) is 5.73 Å². The van der Waals surface area contributed by atoms with Gasteiger partial charge in [-0.2, -0.15) is 0 Å². The number of hydrogen-bond acceptors (Lipinski definition) is 2. The van der Waals surface area contributed by atoms with Gasteiger partial charge in [-0.25, -0.2) is 8.78 Å². The number of aryl methyl sites for hydroxylation is 1. The lowest BCUT2D eigenvalue weighted by molar-refractivity contribution is 0.573. The molecule has 100 valence electrons. The van der Waals surface area contributed by atoms with Crippen LogP contribution in [0.3, 0.4) is 0 Å². The molecule has 2 aromatic rings. The van der Waals surface area contributed by atoms with Gasteiger partial charge in [0.25, 0.3) is 0 Å². The molecule has 0 saturated carbocycles. The Hall–Kier alpha value is -1.39. The smallest absolute Gasteiger partial charge is 0.128 e. The minimum Gasteiger partial charge on any atom is -0.323 e. The third kappa shape index (κ3) is 3.55. The summed E-state index contributed by atoms with van der Waals surface area (Å²) in [6.45, 7) is 2.01. The van der Waals surface area contributed by atoms with Crippen molar-refractivity contribution in [3.05, 3.63) is 65.2 Å².